The van der Waals surface area contributed by atoms with E-state index in [1.54, 1.807) is 0 Å². The van der Waals surface area contributed by atoms with Gasteiger partial charge in [0, 0.05) is 36.8 Å². The van der Waals surface area contributed by atoms with Crippen LogP contribution in [0.25, 0.3) is 0 Å². The van der Waals surface area contributed by atoms with Crippen LogP contribution in [0, 0.1) is 5.92 Å². The molecule has 1 saturated heterocycles. The van der Waals surface area contributed by atoms with Crippen molar-refractivity contribution in [1.82, 2.24) is 15.1 Å². The lowest BCUT2D eigenvalue weighted by molar-refractivity contribution is -0.151. The molecule has 2 atom stereocenters. The van der Waals surface area contributed by atoms with E-state index in [9.17, 15) is 9.59 Å². The van der Waals surface area contributed by atoms with Gasteiger partial charge >= 0.3 is 0 Å². The van der Waals surface area contributed by atoms with Crippen molar-refractivity contribution in [3.05, 3.63) is 65.7 Å². The fourth-order valence-corrected chi connectivity index (χ4v) is 5.14. The first-order chi connectivity index (χ1) is 16.6. The van der Waals surface area contributed by atoms with Crippen LogP contribution in [0.2, 0.25) is 0 Å². The van der Waals surface area contributed by atoms with Crippen molar-refractivity contribution >= 4 is 11.8 Å². The van der Waals surface area contributed by atoms with Gasteiger partial charge in [-0.25, -0.2) is 0 Å². The molecule has 35 heavy (non-hydrogen) atoms. The Hall–Kier alpha value is -2.86. The van der Waals surface area contributed by atoms with Gasteiger partial charge in [-0.1, -0.05) is 62.4 Å². The van der Waals surface area contributed by atoms with Gasteiger partial charge in [-0.3, -0.25) is 14.5 Å². The molecule has 2 aromatic carbocycles. The maximum atomic E-state index is 14.0. The monoisotopic (exact) mass is 477 g/mol. The van der Waals surface area contributed by atoms with Gasteiger partial charge in [-0.2, -0.15) is 0 Å². The van der Waals surface area contributed by atoms with E-state index in [2.05, 4.69) is 34.5 Å². The largest absolute Gasteiger partial charge is 0.480 e. The molecule has 2 aliphatic rings. The Morgan fingerprint density at radius 1 is 1.03 bits per heavy atom. The molecular weight excluding hydrogens is 438 g/mol. The highest BCUT2D eigenvalue weighted by molar-refractivity contribution is 5.92. The van der Waals surface area contributed by atoms with Crippen LogP contribution in [-0.4, -0.2) is 52.4 Å². The van der Waals surface area contributed by atoms with Gasteiger partial charge in [0.2, 0.25) is 5.91 Å². The van der Waals surface area contributed by atoms with Gasteiger partial charge in [-0.05, 0) is 51.2 Å². The number of ether oxygens (including phenoxy) is 1. The smallest absolute Gasteiger partial charge is 0.265 e. The molecule has 6 nitrogen and oxygen atoms in total. The highest BCUT2D eigenvalue weighted by atomic mass is 16.5. The highest BCUT2D eigenvalue weighted by Gasteiger charge is 2.45. The quantitative estimate of drug-likeness (QED) is 0.686. The number of hydrogen-bond donors (Lipinski definition) is 1. The number of amides is 2. The second kappa shape index (κ2) is 10.4. The van der Waals surface area contributed by atoms with E-state index in [-0.39, 0.29) is 23.8 Å². The van der Waals surface area contributed by atoms with Crippen molar-refractivity contribution in [2.75, 3.05) is 13.1 Å². The number of likely N-dealkylation sites (tertiary alicyclic amines) is 1. The number of benzene rings is 2. The Bertz CT molecular complexity index is 1020. The summed E-state index contributed by atoms with van der Waals surface area (Å²) in [6.45, 7) is 12.6. The van der Waals surface area contributed by atoms with E-state index < -0.39 is 17.7 Å². The molecule has 2 unspecified atom stereocenters. The lowest BCUT2D eigenvalue weighted by Gasteiger charge is -2.42. The molecular formula is C29H39N3O3. The number of nitrogens with zero attached hydrogens (tertiary/aromatic N) is 2. The van der Waals surface area contributed by atoms with E-state index in [0.717, 1.165) is 38.0 Å². The summed E-state index contributed by atoms with van der Waals surface area (Å²) in [6.07, 6.45) is 1.03. The summed E-state index contributed by atoms with van der Waals surface area (Å²) in [5.41, 5.74) is 1.64. The zero-order chi connectivity index (χ0) is 25.2. The van der Waals surface area contributed by atoms with Crippen LogP contribution < -0.4 is 10.1 Å². The molecule has 0 saturated carbocycles. The summed E-state index contributed by atoms with van der Waals surface area (Å²) in [5.74, 6) is 0.364. The molecule has 0 aromatic heterocycles. The van der Waals surface area contributed by atoms with E-state index in [1.165, 1.54) is 5.56 Å². The minimum atomic E-state index is -0.715. The maximum absolute atomic E-state index is 14.0. The third kappa shape index (κ3) is 5.87. The van der Waals surface area contributed by atoms with Gasteiger partial charge in [0.15, 0.2) is 6.10 Å². The van der Waals surface area contributed by atoms with Gasteiger partial charge < -0.3 is 15.0 Å². The molecule has 1 fully saturated rings. The number of piperidine rings is 1. The zero-order valence-electron chi connectivity index (χ0n) is 21.7. The molecule has 2 amide bonds. The number of para-hydroxylation sites is 1. The molecule has 2 aliphatic heterocycles. The van der Waals surface area contributed by atoms with Crippen LogP contribution in [-0.2, 0) is 16.1 Å². The minimum absolute atomic E-state index is 0.0133. The number of fused-ring (bicyclic) bond motifs is 1. The van der Waals surface area contributed by atoms with Crippen LogP contribution in [0.5, 0.6) is 5.75 Å². The fourth-order valence-electron chi connectivity index (χ4n) is 5.14. The third-order valence-electron chi connectivity index (χ3n) is 6.80. The first-order valence-electron chi connectivity index (χ1n) is 12.8. The Kier molecular flexibility index (Phi) is 7.50. The summed E-state index contributed by atoms with van der Waals surface area (Å²) in [6, 6.07) is 17.4. The highest BCUT2D eigenvalue weighted by Crippen LogP contribution is 2.39. The maximum Gasteiger partial charge on any atom is 0.265 e. The van der Waals surface area contributed by atoms with Crippen molar-refractivity contribution in [3.8, 4) is 5.75 Å². The lowest BCUT2D eigenvalue weighted by atomic mass is 9.94. The van der Waals surface area contributed by atoms with Crippen molar-refractivity contribution in [3.63, 3.8) is 0 Å². The topological polar surface area (TPSA) is 61.9 Å². The van der Waals surface area contributed by atoms with Gasteiger partial charge in [-0.15, -0.1) is 0 Å². The molecule has 6 heteroatoms. The van der Waals surface area contributed by atoms with Gasteiger partial charge in [0.05, 0.1) is 0 Å². The predicted molar refractivity (Wildman–Crippen MR) is 138 cm³/mol. The Morgan fingerprint density at radius 2 is 1.66 bits per heavy atom. The summed E-state index contributed by atoms with van der Waals surface area (Å²) >= 11 is 0. The summed E-state index contributed by atoms with van der Waals surface area (Å²) in [7, 11) is 0. The first kappa shape index (κ1) is 25.2. The molecule has 4 rings (SSSR count). The van der Waals surface area contributed by atoms with E-state index in [0.29, 0.717) is 5.75 Å². The second-order valence-electron chi connectivity index (χ2n) is 11.2. The van der Waals surface area contributed by atoms with E-state index >= 15 is 0 Å². The predicted octanol–water partition coefficient (Wildman–Crippen LogP) is 4.55. The number of hydrogen-bond acceptors (Lipinski definition) is 4. The van der Waals surface area contributed by atoms with Crippen molar-refractivity contribution in [1.29, 1.82) is 0 Å². The molecule has 188 valence electrons. The normalized spacial score (nSPS) is 21.9. The number of rotatable bonds is 5. The number of nitrogens with one attached hydrogen (secondary N) is 1. The SMILES string of the molecule is CC(C)C1Oc2ccccc2C(C(=O)NC(C)(C)C)N(C2CCN(Cc3ccccc3)CC2)C1=O. The first-order valence-corrected chi connectivity index (χ1v) is 12.8. The van der Waals surface area contributed by atoms with E-state index in [4.69, 9.17) is 4.74 Å². The average Bonchev–Trinajstić information content (AvgIpc) is 2.94. The summed E-state index contributed by atoms with van der Waals surface area (Å²) in [5, 5.41) is 3.13. The summed E-state index contributed by atoms with van der Waals surface area (Å²) in [4.78, 5) is 32.0. The molecule has 2 aromatic rings. The van der Waals surface area contributed by atoms with Crippen LogP contribution in [0.3, 0.4) is 0 Å². The second-order valence-corrected chi connectivity index (χ2v) is 11.2. The molecule has 0 spiro atoms. The molecule has 2 heterocycles. The van der Waals surface area contributed by atoms with Gasteiger partial charge in [0.1, 0.15) is 11.8 Å². The average molecular weight is 478 g/mol. The fraction of sp³-hybridized carbons (Fsp3) is 0.517. The molecule has 0 bridgehead atoms. The van der Waals surface area contributed by atoms with Gasteiger partial charge in [0.25, 0.3) is 5.91 Å². The zero-order valence-corrected chi connectivity index (χ0v) is 21.7. The van der Waals surface area contributed by atoms with Crippen molar-refractivity contribution in [2.24, 2.45) is 5.92 Å². The minimum Gasteiger partial charge on any atom is -0.480 e. The van der Waals surface area contributed by atoms with Crippen LogP contribution >= 0.6 is 0 Å². The Balaban J connectivity index is 1.64. The van der Waals surface area contributed by atoms with Crippen LogP contribution in [0.1, 0.15) is 64.6 Å². The van der Waals surface area contributed by atoms with Crippen LogP contribution in [0.15, 0.2) is 54.6 Å². The number of carbonyl (C=O) groups excluding carboxylic acids is 2. The van der Waals surface area contributed by atoms with Crippen molar-refractivity contribution < 1.29 is 14.3 Å². The van der Waals surface area contributed by atoms with Crippen LogP contribution in [0.4, 0.5) is 0 Å². The third-order valence-corrected chi connectivity index (χ3v) is 6.80. The molecule has 0 radical (unpaired) electrons. The number of carbonyl (C=O) groups is 2. The Morgan fingerprint density at radius 3 is 2.29 bits per heavy atom. The molecule has 0 aliphatic carbocycles. The molecule has 1 N–H and O–H groups in total. The Labute approximate surface area is 209 Å². The lowest BCUT2D eigenvalue weighted by Crippen LogP contribution is -2.56. The van der Waals surface area contributed by atoms with Crippen molar-refractivity contribution in [2.45, 2.75) is 77.7 Å². The standard InChI is InChI=1S/C29H39N3O3/c1-20(2)26-28(34)32(22-15-17-31(18-16-22)19-21-11-7-6-8-12-21)25(27(33)30-29(3,4)5)23-13-9-10-14-24(23)35-26/h6-14,20,22,25-26H,15-19H2,1-5H3,(H,30,33). The van der Waals surface area contributed by atoms with E-state index in [1.807, 2.05) is 69.9 Å². The summed E-state index contributed by atoms with van der Waals surface area (Å²) < 4.78 is 6.28.